The lowest BCUT2D eigenvalue weighted by Crippen LogP contribution is -0.872. The summed E-state index contributed by atoms with van der Waals surface area (Å²) in [5, 5.41) is 0. The van der Waals surface area contributed by atoms with Crippen LogP contribution >= 0.6 is 22.1 Å². The molecule has 0 fully saturated rings. The minimum Gasteiger partial charge on any atom is -0.0512 e. The van der Waals surface area contributed by atoms with Crippen LogP contribution < -0.4 is 0 Å². The van der Waals surface area contributed by atoms with Gasteiger partial charge >= 0.3 is 0 Å². The maximum absolute atomic E-state index is 3.34. The first-order chi connectivity index (χ1) is 1.89. The Labute approximate surface area is 34.4 Å². The predicted molar refractivity (Wildman–Crippen MR) is 25.0 cm³/mol. The van der Waals surface area contributed by atoms with Crippen molar-refractivity contribution in [3.63, 3.8) is 0 Å². The van der Waals surface area contributed by atoms with E-state index in [0.29, 0.717) is 0 Å². The van der Waals surface area contributed by atoms with Gasteiger partial charge in [-0.1, -0.05) is 15.5 Å². The van der Waals surface area contributed by atoms with E-state index in [9.17, 15) is 0 Å². The summed E-state index contributed by atoms with van der Waals surface area (Å²) in [5.41, 5.74) is 0. The lowest BCUT2D eigenvalue weighted by atomic mass is 11.3. The maximum Gasteiger partial charge on any atom is 0.0118 e. The molecule has 0 N–H and O–H groups in total. The highest BCUT2D eigenvalue weighted by Gasteiger charge is 2.00. The first kappa shape index (κ1) is 2.87. The van der Waals surface area contributed by atoms with E-state index >= 15 is 0 Å². The smallest absolute Gasteiger partial charge is 0.0118 e. The Bertz CT molecular complexity index is 44.0. The van der Waals surface area contributed by atoms with Crippen molar-refractivity contribution in [2.24, 2.45) is 0 Å². The summed E-state index contributed by atoms with van der Waals surface area (Å²) in [6.07, 6.45) is 0. The molecule has 1 aliphatic heterocycles. The van der Waals surface area contributed by atoms with Crippen LogP contribution in [-0.4, -0.2) is 0 Å². The van der Waals surface area contributed by atoms with Gasteiger partial charge in [-0.05, 0) is 11.6 Å². The molecule has 2 heteroatoms. The molecule has 1 rings (SSSR count). The highest BCUT2D eigenvalue weighted by atomic mass is 79.9. The van der Waals surface area contributed by atoms with Crippen LogP contribution in [0.15, 0.2) is 11.6 Å². The van der Waals surface area contributed by atoms with Crippen LogP contribution in [0.25, 0.3) is 0 Å². The van der Waals surface area contributed by atoms with Gasteiger partial charge in [-0.25, -0.2) is 0 Å². The molecule has 1 aliphatic rings. The summed E-state index contributed by atoms with van der Waals surface area (Å²) in [6, 6.07) is 0. The number of hydrogen-bond donors (Lipinski definition) is 0. The van der Waals surface area contributed by atoms with Gasteiger partial charge in [0.15, 0.2) is 0 Å². The Morgan fingerprint density at radius 3 is 1.75 bits per heavy atom. The maximum atomic E-state index is 3.34. The number of rotatable bonds is 0. The second kappa shape index (κ2) is 0.803. The third-order valence-corrected chi connectivity index (χ3v) is 2.20. The van der Waals surface area contributed by atoms with Crippen LogP contribution in [0.4, 0.5) is 0 Å². The van der Waals surface area contributed by atoms with Gasteiger partial charge in [-0.15, -0.1) is 0 Å². The molecule has 0 aromatic carbocycles. The van der Waals surface area contributed by atoms with E-state index in [0.717, 1.165) is 0 Å². The van der Waals surface area contributed by atoms with Crippen LogP contribution in [0.1, 0.15) is 0 Å². The average molecular weight is 137 g/mol. The molecule has 1 heterocycles. The largest absolute Gasteiger partial charge is 0.0512 e. The quantitative estimate of drug-likeness (QED) is 0.449. The Morgan fingerprint density at radius 1 is 1.50 bits per heavy atom. The zero-order valence-electron chi connectivity index (χ0n) is 1.98. The zero-order valence-corrected chi connectivity index (χ0v) is 4.46. The van der Waals surface area contributed by atoms with Gasteiger partial charge in [0.2, 0.25) is 0 Å². The van der Waals surface area contributed by atoms with E-state index in [1.165, 1.54) is 0 Å². The molecule has 0 spiro atoms. The standard InChI is InChI=1S/C2H2BrP/c3-4-1-2-4/h1-2H. The molecular weight excluding hydrogens is 135 g/mol. The lowest BCUT2D eigenvalue weighted by molar-refractivity contribution is 2.81. The molecule has 0 amide bonds. The monoisotopic (exact) mass is 136 g/mol. The Kier molecular flexibility index (Phi) is 0.575. The molecule has 0 nitrogen and oxygen atoms in total. The first-order valence-corrected chi connectivity index (χ1v) is 4.52. The summed E-state index contributed by atoms with van der Waals surface area (Å²) < 4.78 is 0. The van der Waals surface area contributed by atoms with Crippen molar-refractivity contribution in [1.29, 1.82) is 0 Å². The minimum absolute atomic E-state index is 0.192. The average Bonchev–Trinajstić information content (AvgIpc) is 1.75. The topological polar surface area (TPSA) is 0 Å². The second-order valence-electron chi connectivity index (χ2n) is 0.642. The van der Waals surface area contributed by atoms with E-state index in [2.05, 4.69) is 27.1 Å². The van der Waals surface area contributed by atoms with Gasteiger partial charge in [0.05, 0.1) is 0 Å². The molecule has 0 saturated heterocycles. The fraction of sp³-hybridized carbons (Fsp3) is 0. The summed E-state index contributed by atoms with van der Waals surface area (Å²) in [4.78, 5) is 0. The van der Waals surface area contributed by atoms with Crippen LogP contribution in [-0.2, 0) is 0 Å². The second-order valence-corrected chi connectivity index (χ2v) is 4.38. The first-order valence-electron chi connectivity index (χ1n) is 1.02. The molecule has 0 radical (unpaired) electrons. The Hall–Kier alpha value is 0.650. The number of hydrogen-bond acceptors (Lipinski definition) is 0. The summed E-state index contributed by atoms with van der Waals surface area (Å²) in [6.45, 7) is 0.192. The lowest BCUT2D eigenvalue weighted by Gasteiger charge is -1.55. The van der Waals surface area contributed by atoms with Crippen LogP contribution in [0.5, 0.6) is 0 Å². The van der Waals surface area contributed by atoms with Crippen molar-refractivity contribution in [3.05, 3.63) is 11.6 Å². The third-order valence-electron chi connectivity index (χ3n) is 0.262. The van der Waals surface area contributed by atoms with Gasteiger partial charge in [-0.3, -0.25) is 0 Å². The van der Waals surface area contributed by atoms with Gasteiger partial charge in [0.1, 0.15) is 0 Å². The van der Waals surface area contributed by atoms with E-state index in [4.69, 9.17) is 0 Å². The SMILES string of the molecule is BrP1C=C1. The fourth-order valence-electron chi connectivity index (χ4n) is 0.0252. The van der Waals surface area contributed by atoms with Crippen LogP contribution in [0.2, 0.25) is 0 Å². The highest BCUT2D eigenvalue weighted by molar-refractivity contribution is 9.40. The van der Waals surface area contributed by atoms with Crippen LogP contribution in [0, 0.1) is 0 Å². The van der Waals surface area contributed by atoms with Crippen molar-refractivity contribution in [3.8, 4) is 0 Å². The van der Waals surface area contributed by atoms with E-state index in [1.54, 1.807) is 0 Å². The molecule has 4 heavy (non-hydrogen) atoms. The summed E-state index contributed by atoms with van der Waals surface area (Å²) in [5.74, 6) is 4.30. The third kappa shape index (κ3) is 0.542. The zero-order chi connectivity index (χ0) is 2.99. The van der Waals surface area contributed by atoms with Crippen molar-refractivity contribution in [2.45, 2.75) is 0 Å². The van der Waals surface area contributed by atoms with Gasteiger partial charge < -0.3 is 0 Å². The predicted octanol–water partition coefficient (Wildman–Crippen LogP) is 2.26. The van der Waals surface area contributed by atoms with Crippen molar-refractivity contribution >= 4 is 22.1 Å². The van der Waals surface area contributed by atoms with E-state index < -0.39 is 0 Å². The van der Waals surface area contributed by atoms with Gasteiger partial charge in [0, 0.05) is 6.62 Å². The molecule has 0 atom stereocenters. The van der Waals surface area contributed by atoms with Crippen LogP contribution in [0.3, 0.4) is 0 Å². The summed E-state index contributed by atoms with van der Waals surface area (Å²) in [7, 11) is 0. The Balaban J connectivity index is 2.32. The molecule has 22 valence electrons. The minimum atomic E-state index is 0.192. The molecule has 0 aromatic heterocycles. The van der Waals surface area contributed by atoms with E-state index in [-0.39, 0.29) is 6.62 Å². The fourth-order valence-corrected chi connectivity index (χ4v) is 1.18. The Morgan fingerprint density at radius 2 is 1.75 bits per heavy atom. The van der Waals surface area contributed by atoms with Crippen molar-refractivity contribution in [1.82, 2.24) is 0 Å². The molecule has 0 saturated carbocycles. The summed E-state index contributed by atoms with van der Waals surface area (Å²) >= 11 is 3.34. The highest BCUT2D eigenvalue weighted by Crippen LogP contribution is 2.59. The molecule has 0 unspecified atom stereocenters. The van der Waals surface area contributed by atoms with Gasteiger partial charge in [-0.2, -0.15) is 0 Å². The number of halogens is 1. The van der Waals surface area contributed by atoms with E-state index in [1.807, 2.05) is 0 Å². The van der Waals surface area contributed by atoms with Gasteiger partial charge in [0.25, 0.3) is 0 Å². The molecule has 0 aliphatic carbocycles. The van der Waals surface area contributed by atoms with Crippen molar-refractivity contribution < 1.29 is 0 Å². The molecule has 0 bridgehead atoms. The molecular formula is C2H2BrP. The molecule has 0 aromatic rings. The normalized spacial score (nSPS) is 22.2. The van der Waals surface area contributed by atoms with Crippen molar-refractivity contribution in [2.75, 3.05) is 0 Å².